The van der Waals surface area contributed by atoms with Gasteiger partial charge in [-0.25, -0.2) is 12.8 Å². The number of hydrogen-bond acceptors (Lipinski definition) is 2. The molecule has 2 aromatic rings. The summed E-state index contributed by atoms with van der Waals surface area (Å²) in [4.78, 5) is 0.305. The maximum Gasteiger partial charge on any atom is 0.264 e. The monoisotopic (exact) mass is 319 g/mol. The van der Waals surface area contributed by atoms with Crippen LogP contribution in [0.2, 0.25) is 0 Å². The van der Waals surface area contributed by atoms with Crippen LogP contribution in [0.4, 0.5) is 10.1 Å². The van der Waals surface area contributed by atoms with Crippen molar-refractivity contribution in [1.82, 2.24) is 0 Å². The van der Waals surface area contributed by atoms with Gasteiger partial charge in [0.25, 0.3) is 10.0 Å². The van der Waals surface area contributed by atoms with E-state index in [1.54, 1.807) is 19.1 Å². The van der Waals surface area contributed by atoms with Crippen molar-refractivity contribution in [3.8, 4) is 0 Å². The van der Waals surface area contributed by atoms with Crippen molar-refractivity contribution in [3.63, 3.8) is 0 Å². The smallest absolute Gasteiger partial charge is 0.264 e. The summed E-state index contributed by atoms with van der Waals surface area (Å²) in [5, 5.41) is 0. The summed E-state index contributed by atoms with van der Waals surface area (Å²) in [5.41, 5.74) is 2.84. The zero-order valence-corrected chi connectivity index (χ0v) is 13.2. The molecule has 2 aromatic carbocycles. The summed E-state index contributed by atoms with van der Waals surface area (Å²) in [6.45, 7) is 2.07. The van der Waals surface area contributed by atoms with Gasteiger partial charge in [-0.3, -0.25) is 4.31 Å². The van der Waals surface area contributed by atoms with Gasteiger partial charge >= 0.3 is 0 Å². The maximum absolute atomic E-state index is 13.1. The number of anilines is 1. The van der Waals surface area contributed by atoms with Crippen LogP contribution in [0.25, 0.3) is 0 Å². The van der Waals surface area contributed by atoms with E-state index in [4.69, 9.17) is 0 Å². The third-order valence-corrected chi connectivity index (χ3v) is 5.96. The minimum atomic E-state index is -3.63. The van der Waals surface area contributed by atoms with Gasteiger partial charge in [0.05, 0.1) is 10.6 Å². The minimum absolute atomic E-state index is 0.297. The number of hydrogen-bond donors (Lipinski definition) is 0. The Morgan fingerprint density at radius 3 is 2.41 bits per heavy atom. The van der Waals surface area contributed by atoms with E-state index in [-0.39, 0.29) is 5.82 Å². The van der Waals surface area contributed by atoms with Gasteiger partial charge in [-0.05, 0) is 73.7 Å². The normalized spacial score (nSPS) is 13.9. The molecule has 3 rings (SSSR count). The molecule has 3 nitrogen and oxygen atoms in total. The predicted molar refractivity (Wildman–Crippen MR) is 85.1 cm³/mol. The van der Waals surface area contributed by atoms with Gasteiger partial charge in [-0.2, -0.15) is 0 Å². The number of nitrogens with zero attached hydrogens (tertiary/aromatic N) is 1. The highest BCUT2D eigenvalue weighted by Gasteiger charge is 2.25. The Bertz CT molecular complexity index is 785. The Kier molecular flexibility index (Phi) is 3.91. The van der Waals surface area contributed by atoms with Crippen LogP contribution in [0.5, 0.6) is 0 Å². The highest BCUT2D eigenvalue weighted by molar-refractivity contribution is 7.92. The molecular weight excluding hydrogens is 301 g/mol. The van der Waals surface area contributed by atoms with Gasteiger partial charge in [0, 0.05) is 6.54 Å². The fourth-order valence-corrected chi connectivity index (χ4v) is 4.46. The average Bonchev–Trinajstić information content (AvgIpc) is 2.97. The van der Waals surface area contributed by atoms with Gasteiger partial charge in [0.2, 0.25) is 0 Å². The molecule has 0 heterocycles. The first-order valence-corrected chi connectivity index (χ1v) is 8.86. The molecule has 5 heteroatoms. The first-order chi connectivity index (χ1) is 10.5. The molecule has 22 heavy (non-hydrogen) atoms. The molecule has 0 fully saturated rings. The Morgan fingerprint density at radius 2 is 1.73 bits per heavy atom. The SMILES string of the molecule is CCN(c1ccc(F)cc1)S(=O)(=O)c1ccc2c(c1)CCC2. The minimum Gasteiger partial charge on any atom is -0.267 e. The van der Waals surface area contributed by atoms with E-state index in [2.05, 4.69) is 0 Å². The fraction of sp³-hybridized carbons (Fsp3) is 0.294. The van der Waals surface area contributed by atoms with Crippen LogP contribution >= 0.6 is 0 Å². The van der Waals surface area contributed by atoms with Crippen LogP contribution in [0.1, 0.15) is 24.5 Å². The second-order valence-electron chi connectivity index (χ2n) is 5.43. The second kappa shape index (κ2) is 5.72. The molecule has 0 radical (unpaired) electrons. The lowest BCUT2D eigenvalue weighted by molar-refractivity contribution is 0.591. The van der Waals surface area contributed by atoms with E-state index < -0.39 is 10.0 Å². The van der Waals surface area contributed by atoms with Crippen molar-refractivity contribution in [3.05, 3.63) is 59.4 Å². The van der Waals surface area contributed by atoms with Crippen LogP contribution in [-0.4, -0.2) is 15.0 Å². The third kappa shape index (κ3) is 2.61. The highest BCUT2D eigenvalue weighted by Crippen LogP contribution is 2.28. The summed E-state index contributed by atoms with van der Waals surface area (Å²) >= 11 is 0. The summed E-state index contributed by atoms with van der Waals surface area (Å²) in [5.74, 6) is -0.380. The van der Waals surface area contributed by atoms with E-state index in [0.717, 1.165) is 24.8 Å². The largest absolute Gasteiger partial charge is 0.267 e. The van der Waals surface area contributed by atoms with Gasteiger partial charge in [-0.15, -0.1) is 0 Å². The third-order valence-electron chi connectivity index (χ3n) is 4.06. The maximum atomic E-state index is 13.1. The highest BCUT2D eigenvalue weighted by atomic mass is 32.2. The molecule has 0 atom stereocenters. The van der Waals surface area contributed by atoms with E-state index >= 15 is 0 Å². The Labute approximate surface area is 130 Å². The molecule has 116 valence electrons. The van der Waals surface area contributed by atoms with Gasteiger partial charge in [-0.1, -0.05) is 6.07 Å². The topological polar surface area (TPSA) is 37.4 Å². The molecular formula is C17H18FNO2S. The molecule has 0 N–H and O–H groups in total. The number of aryl methyl sites for hydroxylation is 2. The molecule has 0 spiro atoms. The molecule has 1 aliphatic carbocycles. The van der Waals surface area contributed by atoms with Crippen molar-refractivity contribution in [2.75, 3.05) is 10.8 Å². The van der Waals surface area contributed by atoms with Crippen molar-refractivity contribution in [2.24, 2.45) is 0 Å². The lowest BCUT2D eigenvalue weighted by atomic mass is 10.1. The number of rotatable bonds is 4. The second-order valence-corrected chi connectivity index (χ2v) is 7.29. The Balaban J connectivity index is 2.01. The lowest BCUT2D eigenvalue weighted by Crippen LogP contribution is -2.30. The zero-order valence-electron chi connectivity index (χ0n) is 12.4. The van der Waals surface area contributed by atoms with E-state index in [9.17, 15) is 12.8 Å². The van der Waals surface area contributed by atoms with Crippen molar-refractivity contribution in [2.45, 2.75) is 31.1 Å². The summed E-state index contributed by atoms with van der Waals surface area (Å²) < 4.78 is 40.1. The molecule has 0 saturated carbocycles. The van der Waals surface area contributed by atoms with Crippen molar-refractivity contribution >= 4 is 15.7 Å². The van der Waals surface area contributed by atoms with Gasteiger partial charge in [0.1, 0.15) is 5.82 Å². The molecule has 0 saturated heterocycles. The summed E-state index contributed by atoms with van der Waals surface area (Å²) in [7, 11) is -3.63. The Morgan fingerprint density at radius 1 is 1.05 bits per heavy atom. The van der Waals surface area contributed by atoms with Crippen LogP contribution in [0, 0.1) is 5.82 Å². The van der Waals surface area contributed by atoms with Gasteiger partial charge in [0.15, 0.2) is 0 Å². The molecule has 0 amide bonds. The molecule has 0 aromatic heterocycles. The molecule has 1 aliphatic rings. The molecule has 0 bridgehead atoms. The van der Waals surface area contributed by atoms with Crippen LogP contribution < -0.4 is 4.31 Å². The van der Waals surface area contributed by atoms with Crippen molar-refractivity contribution < 1.29 is 12.8 Å². The summed E-state index contributed by atoms with van der Waals surface area (Å²) in [6.07, 6.45) is 3.03. The van der Waals surface area contributed by atoms with E-state index in [1.807, 2.05) is 6.07 Å². The summed E-state index contributed by atoms with van der Waals surface area (Å²) in [6, 6.07) is 10.9. The average molecular weight is 319 g/mol. The van der Waals surface area contributed by atoms with Crippen LogP contribution in [0.3, 0.4) is 0 Å². The number of benzene rings is 2. The van der Waals surface area contributed by atoms with Crippen LogP contribution in [-0.2, 0) is 22.9 Å². The van der Waals surface area contributed by atoms with Crippen molar-refractivity contribution in [1.29, 1.82) is 0 Å². The predicted octanol–water partition coefficient (Wildman–Crippen LogP) is 3.53. The van der Waals surface area contributed by atoms with E-state index in [1.165, 1.54) is 34.1 Å². The lowest BCUT2D eigenvalue weighted by Gasteiger charge is -2.23. The first-order valence-electron chi connectivity index (χ1n) is 7.42. The number of halogens is 1. The first kappa shape index (κ1) is 15.0. The molecule has 0 aliphatic heterocycles. The quantitative estimate of drug-likeness (QED) is 0.864. The van der Waals surface area contributed by atoms with Crippen LogP contribution in [0.15, 0.2) is 47.4 Å². The fourth-order valence-electron chi connectivity index (χ4n) is 2.93. The van der Waals surface area contributed by atoms with E-state index in [0.29, 0.717) is 17.1 Å². The number of sulfonamides is 1. The zero-order chi connectivity index (χ0) is 15.7. The number of fused-ring (bicyclic) bond motifs is 1. The standard InChI is InChI=1S/C17H18FNO2S/c1-2-19(16-9-7-15(18)8-10-16)22(20,21)17-11-6-13-4-3-5-14(13)12-17/h6-12H,2-5H2,1H3. The molecule has 0 unspecified atom stereocenters. The van der Waals surface area contributed by atoms with Gasteiger partial charge < -0.3 is 0 Å². The Hall–Kier alpha value is -1.88.